The minimum atomic E-state index is -4.82. The molecule has 0 radical (unpaired) electrons. The normalized spacial score (nSPS) is 11.6. The van der Waals surface area contributed by atoms with Crippen molar-refractivity contribution in [3.05, 3.63) is 81.3 Å². The summed E-state index contributed by atoms with van der Waals surface area (Å²) in [6.07, 6.45) is -1.53. The number of hydrogen-bond acceptors (Lipinski definition) is 5. The third-order valence-electron chi connectivity index (χ3n) is 4.48. The van der Waals surface area contributed by atoms with Crippen LogP contribution in [-0.4, -0.2) is 19.2 Å². The highest BCUT2D eigenvalue weighted by Gasteiger charge is 2.37. The van der Waals surface area contributed by atoms with E-state index in [2.05, 4.69) is 4.98 Å². The van der Waals surface area contributed by atoms with Crippen LogP contribution in [-0.2, 0) is 12.8 Å². The van der Waals surface area contributed by atoms with Gasteiger partial charge in [0, 0.05) is 11.6 Å². The largest absolute Gasteiger partial charge is 0.711 e. The van der Waals surface area contributed by atoms with Gasteiger partial charge in [-0.1, -0.05) is 23.7 Å². The van der Waals surface area contributed by atoms with E-state index in [4.69, 9.17) is 25.8 Å². The van der Waals surface area contributed by atoms with E-state index in [1.807, 2.05) is 0 Å². The van der Waals surface area contributed by atoms with Crippen molar-refractivity contribution in [1.82, 2.24) is 4.98 Å². The van der Waals surface area contributed by atoms with Crippen LogP contribution in [0.4, 0.5) is 17.6 Å². The van der Waals surface area contributed by atoms with Crippen molar-refractivity contribution in [3.63, 3.8) is 0 Å². The van der Waals surface area contributed by atoms with Crippen LogP contribution in [0.2, 0.25) is 5.02 Å². The highest BCUT2D eigenvalue weighted by molar-refractivity contribution is 6.31. The standard InChI is InChI=1S/C22H17ClF4N2O4/c1-31-18-8-13(6-7-14-10-20(22(25,26)27)29(30)12-28-14)9-19(32-2)21(18)33-11-15-16(23)4-3-5-17(15)24/h3-10,12H,11H2,1-2H3. The first-order valence-corrected chi connectivity index (χ1v) is 9.68. The fourth-order valence-corrected chi connectivity index (χ4v) is 3.07. The monoisotopic (exact) mass is 484 g/mol. The third kappa shape index (κ3) is 5.64. The van der Waals surface area contributed by atoms with E-state index in [0.717, 1.165) is 0 Å². The molecule has 0 aliphatic heterocycles. The number of ether oxygens (including phenoxy) is 3. The minimum absolute atomic E-state index is 0.0816. The molecule has 1 heterocycles. The van der Waals surface area contributed by atoms with Crippen molar-refractivity contribution in [2.45, 2.75) is 12.8 Å². The number of rotatable bonds is 7. The van der Waals surface area contributed by atoms with E-state index in [9.17, 15) is 22.8 Å². The molecule has 2 aromatic carbocycles. The van der Waals surface area contributed by atoms with Gasteiger partial charge in [-0.2, -0.15) is 13.2 Å². The molecule has 3 aromatic rings. The Labute approximate surface area is 191 Å². The summed E-state index contributed by atoms with van der Waals surface area (Å²) in [7, 11) is 2.76. The lowest BCUT2D eigenvalue weighted by Gasteiger charge is -2.16. The summed E-state index contributed by atoms with van der Waals surface area (Å²) < 4.78 is 68.8. The van der Waals surface area contributed by atoms with Gasteiger partial charge in [-0.15, -0.1) is 0 Å². The molecule has 0 unspecified atom stereocenters. The summed E-state index contributed by atoms with van der Waals surface area (Å²) >= 11 is 6.03. The van der Waals surface area contributed by atoms with Gasteiger partial charge in [0.25, 0.3) is 6.33 Å². The van der Waals surface area contributed by atoms with Crippen LogP contribution >= 0.6 is 11.6 Å². The van der Waals surface area contributed by atoms with Crippen LogP contribution in [0.25, 0.3) is 12.2 Å². The van der Waals surface area contributed by atoms with E-state index < -0.39 is 17.7 Å². The zero-order chi connectivity index (χ0) is 24.2. The fraction of sp³-hybridized carbons (Fsp3) is 0.182. The van der Waals surface area contributed by atoms with Crippen LogP contribution < -0.4 is 18.9 Å². The van der Waals surface area contributed by atoms with Gasteiger partial charge < -0.3 is 19.4 Å². The zero-order valence-electron chi connectivity index (χ0n) is 17.3. The summed E-state index contributed by atoms with van der Waals surface area (Å²) in [5, 5.41) is 11.5. The molecule has 0 atom stereocenters. The SMILES string of the molecule is COc1cc(C=Cc2cc(C(F)(F)F)[n+]([O-])cn2)cc(OC)c1OCc1c(F)cccc1Cl. The van der Waals surface area contributed by atoms with Crippen molar-refractivity contribution in [1.29, 1.82) is 0 Å². The predicted molar refractivity (Wildman–Crippen MR) is 112 cm³/mol. The maximum atomic E-state index is 14.0. The topological polar surface area (TPSA) is 67.5 Å². The summed E-state index contributed by atoms with van der Waals surface area (Å²) in [4.78, 5) is 3.68. The third-order valence-corrected chi connectivity index (χ3v) is 4.83. The first-order valence-electron chi connectivity index (χ1n) is 9.30. The molecule has 11 heteroatoms. The number of aromatic nitrogens is 2. The Hall–Kier alpha value is -3.53. The van der Waals surface area contributed by atoms with Crippen molar-refractivity contribution in [3.8, 4) is 17.2 Å². The number of hydrogen-bond donors (Lipinski definition) is 0. The van der Waals surface area contributed by atoms with Gasteiger partial charge in [-0.25, -0.2) is 9.12 Å². The molecule has 33 heavy (non-hydrogen) atoms. The number of halogens is 5. The van der Waals surface area contributed by atoms with E-state index in [0.29, 0.717) is 18.0 Å². The van der Waals surface area contributed by atoms with Crippen LogP contribution in [0.15, 0.2) is 42.7 Å². The van der Waals surface area contributed by atoms with Crippen molar-refractivity contribution < 1.29 is 36.5 Å². The van der Waals surface area contributed by atoms with Crippen LogP contribution in [0, 0.1) is 11.0 Å². The number of nitrogens with zero attached hydrogens (tertiary/aromatic N) is 2. The molecule has 0 spiro atoms. The molecule has 0 N–H and O–H groups in total. The molecule has 0 fully saturated rings. The van der Waals surface area contributed by atoms with Gasteiger partial charge in [0.15, 0.2) is 17.2 Å². The van der Waals surface area contributed by atoms with E-state index in [1.54, 1.807) is 12.1 Å². The van der Waals surface area contributed by atoms with Gasteiger partial charge in [0.1, 0.15) is 12.4 Å². The second kappa shape index (κ2) is 9.95. The van der Waals surface area contributed by atoms with Gasteiger partial charge >= 0.3 is 6.18 Å². The van der Waals surface area contributed by atoms with Gasteiger partial charge in [-0.05, 0) is 40.9 Å². The molecule has 3 rings (SSSR count). The number of methoxy groups -OCH3 is 2. The lowest BCUT2D eigenvalue weighted by molar-refractivity contribution is -0.632. The molecular weight excluding hydrogens is 468 g/mol. The molecule has 0 saturated heterocycles. The Kier molecular flexibility index (Phi) is 7.27. The average Bonchev–Trinajstić information content (AvgIpc) is 2.77. The van der Waals surface area contributed by atoms with Gasteiger partial charge in [-0.3, -0.25) is 0 Å². The van der Waals surface area contributed by atoms with Gasteiger partial charge in [0.2, 0.25) is 11.4 Å². The van der Waals surface area contributed by atoms with Crippen LogP contribution in [0.1, 0.15) is 22.5 Å². The lowest BCUT2D eigenvalue weighted by atomic mass is 10.1. The summed E-state index contributed by atoms with van der Waals surface area (Å²) in [5.41, 5.74) is -0.836. The highest BCUT2D eigenvalue weighted by Crippen LogP contribution is 2.40. The molecular formula is C22H17ClF4N2O4. The maximum Gasteiger partial charge on any atom is 0.454 e. The second-order valence-corrected chi connectivity index (χ2v) is 7.01. The van der Waals surface area contributed by atoms with Crippen molar-refractivity contribution in [2.75, 3.05) is 14.2 Å². The van der Waals surface area contributed by atoms with E-state index in [-0.39, 0.29) is 44.9 Å². The molecule has 0 bridgehead atoms. The van der Waals surface area contributed by atoms with Crippen molar-refractivity contribution >= 4 is 23.8 Å². The lowest BCUT2D eigenvalue weighted by Crippen LogP contribution is -2.37. The number of benzene rings is 2. The minimum Gasteiger partial charge on any atom is -0.711 e. The van der Waals surface area contributed by atoms with Crippen LogP contribution in [0.3, 0.4) is 0 Å². The second-order valence-electron chi connectivity index (χ2n) is 6.60. The van der Waals surface area contributed by atoms with E-state index >= 15 is 0 Å². The maximum absolute atomic E-state index is 14.0. The Morgan fingerprint density at radius 1 is 1.09 bits per heavy atom. The molecule has 0 aliphatic carbocycles. The Morgan fingerprint density at radius 3 is 2.33 bits per heavy atom. The van der Waals surface area contributed by atoms with E-state index in [1.165, 1.54) is 44.6 Å². The first kappa shape index (κ1) is 24.1. The molecule has 0 saturated carbocycles. The molecule has 174 valence electrons. The van der Waals surface area contributed by atoms with Gasteiger partial charge in [0.05, 0.1) is 19.2 Å². The Balaban J connectivity index is 1.90. The van der Waals surface area contributed by atoms with Crippen molar-refractivity contribution in [2.24, 2.45) is 0 Å². The van der Waals surface area contributed by atoms with Crippen LogP contribution in [0.5, 0.6) is 17.2 Å². The summed E-state index contributed by atoms with van der Waals surface area (Å²) in [5.74, 6) is 0.112. The highest BCUT2D eigenvalue weighted by atomic mass is 35.5. The summed E-state index contributed by atoms with van der Waals surface area (Å²) in [6, 6.07) is 7.97. The average molecular weight is 485 g/mol. The first-order chi connectivity index (χ1) is 15.6. The molecule has 0 amide bonds. The summed E-state index contributed by atoms with van der Waals surface area (Å²) in [6.45, 7) is -0.198. The molecule has 6 nitrogen and oxygen atoms in total. The predicted octanol–water partition coefficient (Wildman–Crippen LogP) is 5.29. The zero-order valence-corrected chi connectivity index (χ0v) is 18.1. The smallest absolute Gasteiger partial charge is 0.454 e. The fourth-order valence-electron chi connectivity index (χ4n) is 2.86. The molecule has 1 aromatic heterocycles. The number of alkyl halides is 3. The molecule has 0 aliphatic rings. The Bertz CT molecular complexity index is 1140. The quantitative estimate of drug-likeness (QED) is 0.259. The Morgan fingerprint density at radius 2 is 1.76 bits per heavy atom.